The number of fused-ring (bicyclic) bond motifs is 5. The quantitative estimate of drug-likeness (QED) is 0.208. The molecule has 2 saturated carbocycles. The highest BCUT2D eigenvalue weighted by molar-refractivity contribution is 7.91. The van der Waals surface area contributed by atoms with Crippen LogP contribution in [0.2, 0.25) is 0 Å². The molecule has 2 aromatic carbocycles. The summed E-state index contributed by atoms with van der Waals surface area (Å²) in [6, 6.07) is 11.8. The Balaban J connectivity index is 1.34. The van der Waals surface area contributed by atoms with Gasteiger partial charge in [-0.1, -0.05) is 25.3 Å². The molecule has 1 N–H and O–H groups in total. The Hall–Kier alpha value is -4.42. The average Bonchev–Trinajstić information content (AvgIpc) is 3.92. The third-order valence-electron chi connectivity index (χ3n) is 11.4. The van der Waals surface area contributed by atoms with Crippen molar-refractivity contribution < 1.29 is 27.5 Å². The number of nitrogens with one attached hydrogen (secondary N) is 1. The van der Waals surface area contributed by atoms with Crippen LogP contribution in [-0.4, -0.2) is 77.1 Å². The molecule has 0 radical (unpaired) electrons. The van der Waals surface area contributed by atoms with Gasteiger partial charge in [0.15, 0.2) is 0 Å². The lowest BCUT2D eigenvalue weighted by atomic mass is 9.81. The van der Waals surface area contributed by atoms with Gasteiger partial charge in [0.1, 0.15) is 5.75 Å². The molecule has 8 rings (SSSR count). The van der Waals surface area contributed by atoms with E-state index in [-0.39, 0.29) is 18.1 Å². The minimum atomic E-state index is -3.73. The maximum atomic E-state index is 14.6. The topological polar surface area (TPSA) is 125 Å². The molecule has 1 saturated heterocycles. The predicted octanol–water partition coefficient (Wildman–Crippen LogP) is 6.92. The van der Waals surface area contributed by atoms with Gasteiger partial charge in [-0.15, -0.1) is 0 Å². The highest BCUT2D eigenvalue weighted by Crippen LogP contribution is 2.48. The molecule has 0 unspecified atom stereocenters. The van der Waals surface area contributed by atoms with Gasteiger partial charge >= 0.3 is 0 Å². The lowest BCUT2D eigenvalue weighted by molar-refractivity contribution is -0.0586. The van der Waals surface area contributed by atoms with Crippen LogP contribution in [0.25, 0.3) is 33.8 Å². The van der Waals surface area contributed by atoms with Gasteiger partial charge in [-0.2, -0.15) is 5.10 Å². The van der Waals surface area contributed by atoms with Crippen LogP contribution in [0.5, 0.6) is 5.75 Å². The first kappa shape index (κ1) is 35.6. The van der Waals surface area contributed by atoms with E-state index in [2.05, 4.69) is 27.5 Å². The molecule has 12 heteroatoms. The molecule has 3 fully saturated rings. The molecule has 0 bridgehead atoms. The van der Waals surface area contributed by atoms with Gasteiger partial charge in [-0.25, -0.2) is 13.1 Å². The summed E-state index contributed by atoms with van der Waals surface area (Å²) < 4.78 is 43.9. The normalized spacial score (nSPS) is 20.8. The molecule has 280 valence electrons. The Labute approximate surface area is 311 Å². The van der Waals surface area contributed by atoms with Crippen LogP contribution in [0.1, 0.15) is 115 Å². The number of nitrogens with zero attached hydrogens (tertiary/aromatic N) is 4. The van der Waals surface area contributed by atoms with E-state index in [0.717, 1.165) is 70.4 Å². The van der Waals surface area contributed by atoms with Crippen molar-refractivity contribution in [3.8, 4) is 17.0 Å². The van der Waals surface area contributed by atoms with Crippen molar-refractivity contribution in [2.24, 2.45) is 0 Å². The van der Waals surface area contributed by atoms with Crippen molar-refractivity contribution in [1.82, 2.24) is 24.0 Å². The Morgan fingerprint density at radius 1 is 0.981 bits per heavy atom. The van der Waals surface area contributed by atoms with Gasteiger partial charge < -0.3 is 18.9 Å². The van der Waals surface area contributed by atoms with Crippen LogP contribution in [0.4, 0.5) is 0 Å². The van der Waals surface area contributed by atoms with Crippen LogP contribution in [0, 0.1) is 6.92 Å². The second-order valence-electron chi connectivity index (χ2n) is 15.3. The van der Waals surface area contributed by atoms with Gasteiger partial charge in [0, 0.05) is 41.7 Å². The van der Waals surface area contributed by atoms with Gasteiger partial charge in [0.2, 0.25) is 10.0 Å². The summed E-state index contributed by atoms with van der Waals surface area (Å²) >= 11 is 0. The van der Waals surface area contributed by atoms with E-state index in [1.54, 1.807) is 13.2 Å². The number of methoxy groups -OCH3 is 1. The van der Waals surface area contributed by atoms with E-state index < -0.39 is 21.2 Å². The third kappa shape index (κ3) is 6.47. The molecule has 2 amide bonds. The average molecular weight is 740 g/mol. The van der Waals surface area contributed by atoms with E-state index >= 15 is 0 Å². The maximum Gasteiger partial charge on any atom is 0.264 e. The lowest BCUT2D eigenvalue weighted by Crippen LogP contribution is -2.48. The zero-order valence-electron chi connectivity index (χ0n) is 31.3. The molecular weight excluding hydrogens is 691 g/mol. The molecule has 53 heavy (non-hydrogen) atoms. The maximum absolute atomic E-state index is 14.6. The molecular formula is C41H49N5O6S. The summed E-state index contributed by atoms with van der Waals surface area (Å²) in [6.45, 7) is 9.90. The number of ether oxygens (including phenoxy) is 2. The van der Waals surface area contributed by atoms with Crippen LogP contribution >= 0.6 is 0 Å². The van der Waals surface area contributed by atoms with Crippen molar-refractivity contribution in [3.05, 3.63) is 70.0 Å². The number of rotatable bonds is 8. The van der Waals surface area contributed by atoms with E-state index in [1.807, 2.05) is 55.5 Å². The van der Waals surface area contributed by atoms with Crippen molar-refractivity contribution in [1.29, 1.82) is 0 Å². The van der Waals surface area contributed by atoms with Crippen LogP contribution in [0.3, 0.4) is 0 Å². The molecule has 4 heterocycles. The minimum Gasteiger partial charge on any atom is -0.497 e. The Morgan fingerprint density at radius 3 is 2.40 bits per heavy atom. The molecule has 11 nitrogen and oxygen atoms in total. The molecule has 4 aromatic rings. The molecule has 4 aliphatic rings. The summed E-state index contributed by atoms with van der Waals surface area (Å²) in [5.74, 6) is 0.364. The first-order valence-corrected chi connectivity index (χ1v) is 20.7. The third-order valence-corrected chi connectivity index (χ3v) is 13.2. The van der Waals surface area contributed by atoms with Gasteiger partial charge in [-0.05, 0) is 112 Å². The fraction of sp³-hybridized carbons (Fsp3) is 0.488. The van der Waals surface area contributed by atoms with Crippen LogP contribution in [0.15, 0.2) is 36.4 Å². The summed E-state index contributed by atoms with van der Waals surface area (Å²) in [5.41, 5.74) is 8.45. The Kier molecular flexibility index (Phi) is 9.25. The number of carbonyl (C=O) groups is 2. The summed E-state index contributed by atoms with van der Waals surface area (Å²) in [7, 11) is -2.06. The monoisotopic (exact) mass is 739 g/mol. The largest absolute Gasteiger partial charge is 0.497 e. The second-order valence-corrected chi connectivity index (χ2v) is 17.3. The SMILES string of the molecule is CCn1nc(C)c(C(=O)N2C[C@@H](C)O[C@@H](C)C2)c1C1=Cc2cc(OC)ccc2-c2c(C3CCCCC3)c3ccc(C(=O)NS(=O)(=O)C4CC4)cc3n2C1. The van der Waals surface area contributed by atoms with Crippen molar-refractivity contribution >= 4 is 44.4 Å². The number of benzene rings is 2. The number of hydrogen-bond acceptors (Lipinski definition) is 7. The number of aryl methyl sites for hydroxylation is 2. The van der Waals surface area contributed by atoms with E-state index in [4.69, 9.17) is 14.6 Å². The fourth-order valence-corrected chi connectivity index (χ4v) is 10.2. The first-order valence-electron chi connectivity index (χ1n) is 19.1. The number of sulfonamides is 1. The second kappa shape index (κ2) is 13.8. The summed E-state index contributed by atoms with van der Waals surface area (Å²) in [4.78, 5) is 30.0. The van der Waals surface area contributed by atoms with Gasteiger partial charge in [0.25, 0.3) is 11.8 Å². The van der Waals surface area contributed by atoms with Gasteiger partial charge in [0.05, 0.1) is 53.8 Å². The molecule has 2 atom stereocenters. The van der Waals surface area contributed by atoms with E-state index in [0.29, 0.717) is 61.8 Å². The molecule has 2 aliphatic carbocycles. The van der Waals surface area contributed by atoms with E-state index in [1.165, 1.54) is 12.0 Å². The zero-order chi connectivity index (χ0) is 37.2. The van der Waals surface area contributed by atoms with Crippen LogP contribution < -0.4 is 9.46 Å². The number of morpholine rings is 1. The standard InChI is InChI=1S/C41H49N5O6S/c1-6-46-38(36(26(4)42-46)41(48)44-21-24(2)52-25(3)22-44)30-18-29-19-31(51-5)13-17-33(29)39-37(27-10-8-7-9-11-27)34-16-12-28(20-35(34)45(39)23-30)40(47)43-53(49,50)32-14-15-32/h12-13,16-20,24-25,27,32H,6-11,14-15,21-23H2,1-5H3,(H,43,47)/t24-,25+. The lowest BCUT2D eigenvalue weighted by Gasteiger charge is -2.35. The Morgan fingerprint density at radius 2 is 1.72 bits per heavy atom. The molecule has 2 aliphatic heterocycles. The number of carbonyl (C=O) groups excluding carboxylic acids is 2. The number of allylic oxidation sites excluding steroid dienone is 1. The summed E-state index contributed by atoms with van der Waals surface area (Å²) in [6.07, 6.45) is 8.78. The van der Waals surface area contributed by atoms with E-state index in [9.17, 15) is 18.0 Å². The molecule has 2 aromatic heterocycles. The van der Waals surface area contributed by atoms with Crippen molar-refractivity contribution in [2.45, 2.75) is 109 Å². The predicted molar refractivity (Wildman–Crippen MR) is 206 cm³/mol. The van der Waals surface area contributed by atoms with Crippen molar-refractivity contribution in [2.75, 3.05) is 20.2 Å². The Bertz CT molecular complexity index is 2250. The first-order chi connectivity index (χ1) is 25.5. The van der Waals surface area contributed by atoms with Crippen molar-refractivity contribution in [3.63, 3.8) is 0 Å². The zero-order valence-corrected chi connectivity index (χ0v) is 32.1. The number of amides is 2. The van der Waals surface area contributed by atoms with Crippen LogP contribution in [-0.2, 0) is 27.8 Å². The highest BCUT2D eigenvalue weighted by Gasteiger charge is 2.38. The molecule has 0 spiro atoms. The highest BCUT2D eigenvalue weighted by atomic mass is 32.2. The minimum absolute atomic E-state index is 0.0634. The fourth-order valence-electron chi connectivity index (χ4n) is 8.87. The van der Waals surface area contributed by atoms with Gasteiger partial charge in [-0.3, -0.25) is 14.3 Å². The smallest absolute Gasteiger partial charge is 0.264 e. The number of aromatic nitrogens is 3. The summed E-state index contributed by atoms with van der Waals surface area (Å²) in [5, 5.41) is 5.47. The number of hydrogen-bond donors (Lipinski definition) is 1.